The van der Waals surface area contributed by atoms with Crippen molar-refractivity contribution in [2.24, 2.45) is 5.92 Å². The summed E-state index contributed by atoms with van der Waals surface area (Å²) in [5.74, 6) is 1.87. The van der Waals surface area contributed by atoms with Gasteiger partial charge in [-0.05, 0) is 62.3 Å². The number of amides is 2. The molecule has 3 aromatic rings. The minimum atomic E-state index is -0.488. The number of nitro groups is 1. The lowest BCUT2D eigenvalue weighted by Gasteiger charge is -2.29. The van der Waals surface area contributed by atoms with E-state index >= 15 is 0 Å². The number of hydrogen-bond acceptors (Lipinski definition) is 7. The molecule has 0 aliphatic heterocycles. The highest BCUT2D eigenvalue weighted by Gasteiger charge is 2.23. The normalized spacial score (nSPS) is 17.6. The van der Waals surface area contributed by atoms with Crippen LogP contribution in [0.3, 0.4) is 0 Å². The standard InChI is InChI=1S/C25H31N7O3/c1-16-8-13-21(22(14-16)32(34)35)29-25(33)26-15-17-9-11-18(12-10-17)27-24-28-20-7-5-4-6-19(20)23(30-24)31(2)3/h4-8,13-14,17-18H,9-12,15H2,1-3H3,(H2,26,29,33)(H,27,28,30). The molecule has 35 heavy (non-hydrogen) atoms. The molecule has 0 saturated heterocycles. The molecule has 184 valence electrons. The van der Waals surface area contributed by atoms with Crippen molar-refractivity contribution in [2.75, 3.05) is 36.2 Å². The van der Waals surface area contributed by atoms with Crippen LogP contribution in [0.1, 0.15) is 31.2 Å². The van der Waals surface area contributed by atoms with Crippen molar-refractivity contribution in [3.63, 3.8) is 0 Å². The molecule has 0 radical (unpaired) electrons. The molecule has 0 spiro atoms. The number of aryl methyl sites for hydroxylation is 1. The van der Waals surface area contributed by atoms with Crippen LogP contribution >= 0.6 is 0 Å². The van der Waals surface area contributed by atoms with Gasteiger partial charge in [0, 0.05) is 38.1 Å². The highest BCUT2D eigenvalue weighted by Crippen LogP contribution is 2.29. The SMILES string of the molecule is Cc1ccc(NC(=O)NCC2CCC(Nc3nc(N(C)C)c4ccccc4n3)CC2)c([N+](=O)[O-])c1. The maximum Gasteiger partial charge on any atom is 0.319 e. The number of anilines is 3. The van der Waals surface area contributed by atoms with Crippen molar-refractivity contribution in [2.45, 2.75) is 38.6 Å². The van der Waals surface area contributed by atoms with Crippen molar-refractivity contribution < 1.29 is 9.72 Å². The number of carbonyl (C=O) groups excluding carboxylic acids is 1. The Morgan fingerprint density at radius 2 is 1.86 bits per heavy atom. The molecule has 3 N–H and O–H groups in total. The van der Waals surface area contributed by atoms with Gasteiger partial charge in [0.05, 0.1) is 10.4 Å². The Morgan fingerprint density at radius 3 is 2.57 bits per heavy atom. The number of aromatic nitrogens is 2. The minimum absolute atomic E-state index is 0.111. The van der Waals surface area contributed by atoms with E-state index in [0.717, 1.165) is 48.0 Å². The number of para-hydroxylation sites is 1. The number of urea groups is 1. The molecule has 10 heteroatoms. The fourth-order valence-corrected chi connectivity index (χ4v) is 4.46. The number of carbonyl (C=O) groups is 1. The number of hydrogen-bond donors (Lipinski definition) is 3. The summed E-state index contributed by atoms with van der Waals surface area (Å²) >= 11 is 0. The van der Waals surface area contributed by atoms with Crippen molar-refractivity contribution in [3.05, 3.63) is 58.1 Å². The summed E-state index contributed by atoms with van der Waals surface area (Å²) in [4.78, 5) is 34.5. The first-order chi connectivity index (χ1) is 16.8. The molecule has 0 unspecified atom stereocenters. The molecular weight excluding hydrogens is 446 g/mol. The number of nitrogens with one attached hydrogen (secondary N) is 3. The Balaban J connectivity index is 1.28. The molecule has 0 atom stereocenters. The smallest absolute Gasteiger partial charge is 0.319 e. The summed E-state index contributed by atoms with van der Waals surface area (Å²) in [5, 5.41) is 21.2. The number of nitro benzene ring substituents is 1. The second-order valence-electron chi connectivity index (χ2n) is 9.26. The molecule has 1 aliphatic rings. The van der Waals surface area contributed by atoms with Gasteiger partial charge in [-0.2, -0.15) is 4.98 Å². The molecule has 2 amide bonds. The van der Waals surface area contributed by atoms with Gasteiger partial charge >= 0.3 is 6.03 Å². The van der Waals surface area contributed by atoms with E-state index in [0.29, 0.717) is 18.4 Å². The van der Waals surface area contributed by atoms with E-state index in [4.69, 9.17) is 9.97 Å². The van der Waals surface area contributed by atoms with Crippen LogP contribution in [0.2, 0.25) is 0 Å². The molecule has 10 nitrogen and oxygen atoms in total. The number of fused-ring (bicyclic) bond motifs is 1. The third-order valence-corrected chi connectivity index (χ3v) is 6.34. The van der Waals surface area contributed by atoms with Crippen molar-refractivity contribution in [3.8, 4) is 0 Å². The van der Waals surface area contributed by atoms with Crippen LogP contribution in [-0.2, 0) is 0 Å². The first-order valence-electron chi connectivity index (χ1n) is 11.8. The van der Waals surface area contributed by atoms with Crippen LogP contribution in [0.5, 0.6) is 0 Å². The van der Waals surface area contributed by atoms with Gasteiger partial charge in [0.25, 0.3) is 5.69 Å². The zero-order chi connectivity index (χ0) is 24.9. The third kappa shape index (κ3) is 5.95. The number of nitrogens with zero attached hydrogens (tertiary/aromatic N) is 4. The van der Waals surface area contributed by atoms with E-state index in [-0.39, 0.29) is 17.4 Å². The topological polar surface area (TPSA) is 125 Å². The minimum Gasteiger partial charge on any atom is -0.362 e. The first kappa shape index (κ1) is 24.2. The summed E-state index contributed by atoms with van der Waals surface area (Å²) in [6.07, 6.45) is 3.81. The fraction of sp³-hybridized carbons (Fsp3) is 0.400. The monoisotopic (exact) mass is 477 g/mol. The lowest BCUT2D eigenvalue weighted by Crippen LogP contribution is -2.36. The van der Waals surface area contributed by atoms with Crippen molar-refractivity contribution >= 4 is 40.1 Å². The van der Waals surface area contributed by atoms with Gasteiger partial charge in [-0.1, -0.05) is 18.2 Å². The Kier molecular flexibility index (Phi) is 7.28. The second-order valence-corrected chi connectivity index (χ2v) is 9.26. The van der Waals surface area contributed by atoms with E-state index in [2.05, 4.69) is 16.0 Å². The van der Waals surface area contributed by atoms with Crippen LogP contribution in [0.15, 0.2) is 42.5 Å². The van der Waals surface area contributed by atoms with E-state index < -0.39 is 11.0 Å². The number of rotatable bonds is 7. The predicted octanol–water partition coefficient (Wildman–Crippen LogP) is 4.70. The van der Waals surface area contributed by atoms with Gasteiger partial charge in [0.1, 0.15) is 11.5 Å². The average molecular weight is 478 g/mol. The van der Waals surface area contributed by atoms with E-state index in [1.165, 1.54) is 6.07 Å². The van der Waals surface area contributed by atoms with Gasteiger partial charge in [0.15, 0.2) is 0 Å². The summed E-state index contributed by atoms with van der Waals surface area (Å²) < 4.78 is 0. The summed E-state index contributed by atoms with van der Waals surface area (Å²) in [7, 11) is 3.95. The molecule has 1 saturated carbocycles. The second kappa shape index (κ2) is 10.5. The highest BCUT2D eigenvalue weighted by atomic mass is 16.6. The molecule has 1 aliphatic carbocycles. The summed E-state index contributed by atoms with van der Waals surface area (Å²) in [5.41, 5.74) is 1.75. The average Bonchev–Trinajstić information content (AvgIpc) is 2.84. The van der Waals surface area contributed by atoms with Crippen LogP contribution in [0, 0.1) is 23.0 Å². The zero-order valence-corrected chi connectivity index (χ0v) is 20.2. The largest absolute Gasteiger partial charge is 0.362 e. The van der Waals surface area contributed by atoms with Crippen molar-refractivity contribution in [1.82, 2.24) is 15.3 Å². The Labute approximate surface area is 204 Å². The van der Waals surface area contributed by atoms with Gasteiger partial charge in [-0.15, -0.1) is 0 Å². The molecule has 1 heterocycles. The van der Waals surface area contributed by atoms with E-state index in [1.54, 1.807) is 19.1 Å². The van der Waals surface area contributed by atoms with Crippen LogP contribution in [0.4, 0.5) is 27.9 Å². The van der Waals surface area contributed by atoms with E-state index in [1.807, 2.05) is 43.3 Å². The van der Waals surface area contributed by atoms with Gasteiger partial charge in [0.2, 0.25) is 5.95 Å². The summed E-state index contributed by atoms with van der Waals surface area (Å²) in [6, 6.07) is 12.6. The third-order valence-electron chi connectivity index (χ3n) is 6.34. The maximum atomic E-state index is 12.3. The predicted molar refractivity (Wildman–Crippen MR) is 138 cm³/mol. The molecule has 1 aromatic heterocycles. The lowest BCUT2D eigenvalue weighted by atomic mass is 9.86. The highest BCUT2D eigenvalue weighted by molar-refractivity contribution is 5.92. The Hall–Kier alpha value is -3.95. The quantitative estimate of drug-likeness (QED) is 0.332. The first-order valence-corrected chi connectivity index (χ1v) is 11.8. The molecular formula is C25H31N7O3. The van der Waals surface area contributed by atoms with E-state index in [9.17, 15) is 14.9 Å². The van der Waals surface area contributed by atoms with Gasteiger partial charge in [-0.3, -0.25) is 10.1 Å². The Bertz CT molecular complexity index is 1220. The van der Waals surface area contributed by atoms with Crippen LogP contribution in [0.25, 0.3) is 10.9 Å². The fourth-order valence-electron chi connectivity index (χ4n) is 4.46. The molecule has 2 aromatic carbocycles. The van der Waals surface area contributed by atoms with Gasteiger partial charge < -0.3 is 20.9 Å². The maximum absolute atomic E-state index is 12.3. The van der Waals surface area contributed by atoms with Crippen LogP contribution in [-0.4, -0.2) is 47.6 Å². The van der Waals surface area contributed by atoms with Crippen molar-refractivity contribution in [1.29, 1.82) is 0 Å². The van der Waals surface area contributed by atoms with Gasteiger partial charge in [-0.25, -0.2) is 9.78 Å². The lowest BCUT2D eigenvalue weighted by molar-refractivity contribution is -0.384. The number of benzene rings is 2. The zero-order valence-electron chi connectivity index (χ0n) is 20.2. The van der Waals surface area contributed by atoms with Crippen LogP contribution < -0.4 is 20.9 Å². The molecule has 1 fully saturated rings. The molecule has 0 bridgehead atoms. The Morgan fingerprint density at radius 1 is 1.11 bits per heavy atom. The summed E-state index contributed by atoms with van der Waals surface area (Å²) in [6.45, 7) is 2.30. The molecule has 4 rings (SSSR count).